The van der Waals surface area contributed by atoms with Crippen LogP contribution in [0.15, 0.2) is 18.2 Å². The average molecular weight is 212 g/mol. The van der Waals surface area contributed by atoms with Gasteiger partial charge in [0.15, 0.2) is 0 Å². The Bertz CT molecular complexity index is 447. The lowest BCUT2D eigenvalue weighted by atomic mass is 10.1. The average Bonchev–Trinajstić information content (AvgIpc) is 2.43. The summed E-state index contributed by atoms with van der Waals surface area (Å²) in [5, 5.41) is 2.90. The topological polar surface area (TPSA) is 26.0 Å². The van der Waals surface area contributed by atoms with E-state index in [1.807, 2.05) is 12.1 Å². The first-order chi connectivity index (χ1) is 6.24. The summed E-state index contributed by atoms with van der Waals surface area (Å²) in [5.74, 6) is 0. The largest absolute Gasteiger partial charge is 0.390 e. The van der Waals surface area contributed by atoms with E-state index in [1.54, 1.807) is 11.3 Å². The Morgan fingerprint density at radius 2 is 2.23 bits per heavy atom. The highest BCUT2D eigenvalue weighted by Crippen LogP contribution is 2.37. The molecule has 0 unspecified atom stereocenters. The molecule has 0 amide bonds. The molecule has 1 nitrogen and oxygen atoms in total. The van der Waals surface area contributed by atoms with E-state index in [1.165, 1.54) is 10.9 Å². The van der Waals surface area contributed by atoms with Crippen LogP contribution < -0.4 is 5.73 Å². The number of halogens is 1. The molecule has 2 rings (SSSR count). The van der Waals surface area contributed by atoms with E-state index in [-0.39, 0.29) is 0 Å². The SMILES string of the molecule is CCc1c(N)sc2c(Cl)cccc12. The lowest BCUT2D eigenvalue weighted by Crippen LogP contribution is -1.85. The van der Waals surface area contributed by atoms with E-state index in [9.17, 15) is 0 Å². The first kappa shape index (κ1) is 8.85. The van der Waals surface area contributed by atoms with E-state index >= 15 is 0 Å². The number of thiophene rings is 1. The van der Waals surface area contributed by atoms with Gasteiger partial charge in [0.2, 0.25) is 0 Å². The predicted molar refractivity (Wildman–Crippen MR) is 60.6 cm³/mol. The second-order valence-electron chi connectivity index (χ2n) is 2.91. The van der Waals surface area contributed by atoms with Crippen molar-refractivity contribution in [2.24, 2.45) is 0 Å². The highest BCUT2D eigenvalue weighted by molar-refractivity contribution is 7.23. The molecule has 68 valence electrons. The summed E-state index contributed by atoms with van der Waals surface area (Å²) >= 11 is 7.63. The summed E-state index contributed by atoms with van der Waals surface area (Å²) in [6, 6.07) is 5.95. The number of rotatable bonds is 1. The van der Waals surface area contributed by atoms with E-state index in [0.717, 1.165) is 21.1 Å². The van der Waals surface area contributed by atoms with Crippen molar-refractivity contribution in [1.29, 1.82) is 0 Å². The lowest BCUT2D eigenvalue weighted by Gasteiger charge is -1.95. The summed E-state index contributed by atoms with van der Waals surface area (Å²) in [6.45, 7) is 2.11. The minimum atomic E-state index is 0.800. The van der Waals surface area contributed by atoms with Crippen LogP contribution in [0.25, 0.3) is 10.1 Å². The predicted octanol–water partition coefficient (Wildman–Crippen LogP) is 3.70. The van der Waals surface area contributed by atoms with Gasteiger partial charge in [0, 0.05) is 0 Å². The smallest absolute Gasteiger partial charge is 0.0901 e. The Hall–Kier alpha value is -0.730. The van der Waals surface area contributed by atoms with Crippen molar-refractivity contribution in [2.75, 3.05) is 5.73 Å². The zero-order valence-electron chi connectivity index (χ0n) is 7.30. The quantitative estimate of drug-likeness (QED) is 0.765. The molecule has 3 heteroatoms. The molecule has 2 N–H and O–H groups in total. The number of hydrogen-bond acceptors (Lipinski definition) is 2. The van der Waals surface area contributed by atoms with E-state index in [2.05, 4.69) is 13.0 Å². The molecule has 0 spiro atoms. The second kappa shape index (κ2) is 3.20. The monoisotopic (exact) mass is 211 g/mol. The summed E-state index contributed by atoms with van der Waals surface area (Å²) in [4.78, 5) is 0. The van der Waals surface area contributed by atoms with Gasteiger partial charge < -0.3 is 5.73 Å². The standard InChI is InChI=1S/C10H10ClNS/c1-2-6-7-4-3-5-8(11)9(7)13-10(6)12/h3-5H,2,12H2,1H3. The highest BCUT2D eigenvalue weighted by Gasteiger charge is 2.09. The van der Waals surface area contributed by atoms with Crippen molar-refractivity contribution in [3.63, 3.8) is 0 Å². The molecule has 2 aromatic rings. The van der Waals surface area contributed by atoms with Gasteiger partial charge in [-0.25, -0.2) is 0 Å². The Labute approximate surface area is 86.1 Å². The first-order valence-corrected chi connectivity index (χ1v) is 5.39. The minimum Gasteiger partial charge on any atom is -0.390 e. The van der Waals surface area contributed by atoms with Crippen LogP contribution in [0.2, 0.25) is 5.02 Å². The van der Waals surface area contributed by atoms with Crippen molar-refractivity contribution in [1.82, 2.24) is 0 Å². The van der Waals surface area contributed by atoms with Crippen LogP contribution in [0.1, 0.15) is 12.5 Å². The number of benzene rings is 1. The Morgan fingerprint density at radius 1 is 1.46 bits per heavy atom. The van der Waals surface area contributed by atoms with Gasteiger partial charge in [0.05, 0.1) is 14.7 Å². The molecule has 0 bridgehead atoms. The third-order valence-corrected chi connectivity index (χ3v) is 3.69. The van der Waals surface area contributed by atoms with Crippen molar-refractivity contribution < 1.29 is 0 Å². The van der Waals surface area contributed by atoms with Crippen LogP contribution in [0.4, 0.5) is 5.00 Å². The van der Waals surface area contributed by atoms with Crippen molar-refractivity contribution in [3.05, 3.63) is 28.8 Å². The van der Waals surface area contributed by atoms with Crippen LogP contribution in [0, 0.1) is 0 Å². The molecular formula is C10H10ClNS. The second-order valence-corrected chi connectivity index (χ2v) is 4.37. The van der Waals surface area contributed by atoms with Gasteiger partial charge in [0.25, 0.3) is 0 Å². The number of anilines is 1. The maximum Gasteiger partial charge on any atom is 0.0901 e. The first-order valence-electron chi connectivity index (χ1n) is 4.19. The third kappa shape index (κ3) is 1.30. The van der Waals surface area contributed by atoms with Gasteiger partial charge in [-0.2, -0.15) is 0 Å². The molecule has 0 aliphatic heterocycles. The number of fused-ring (bicyclic) bond motifs is 1. The number of hydrogen-bond donors (Lipinski definition) is 1. The molecule has 0 aliphatic rings. The Morgan fingerprint density at radius 3 is 2.92 bits per heavy atom. The van der Waals surface area contributed by atoms with Gasteiger partial charge in [0.1, 0.15) is 0 Å². The fourth-order valence-corrected chi connectivity index (χ4v) is 2.87. The molecule has 1 aromatic carbocycles. The van der Waals surface area contributed by atoms with Crippen LogP contribution in [-0.2, 0) is 6.42 Å². The fourth-order valence-electron chi connectivity index (χ4n) is 1.52. The van der Waals surface area contributed by atoms with Gasteiger partial charge in [-0.3, -0.25) is 0 Å². The van der Waals surface area contributed by atoms with Crippen LogP contribution in [0.5, 0.6) is 0 Å². The number of nitrogens with two attached hydrogens (primary N) is 1. The zero-order valence-corrected chi connectivity index (χ0v) is 8.88. The van der Waals surface area contributed by atoms with E-state index in [4.69, 9.17) is 17.3 Å². The van der Waals surface area contributed by atoms with E-state index in [0.29, 0.717) is 0 Å². The van der Waals surface area contributed by atoms with Crippen molar-refractivity contribution in [3.8, 4) is 0 Å². The maximum atomic E-state index is 6.05. The van der Waals surface area contributed by atoms with Gasteiger partial charge in [-0.15, -0.1) is 11.3 Å². The van der Waals surface area contributed by atoms with Crippen molar-refractivity contribution >= 4 is 38.0 Å². The molecule has 1 aromatic heterocycles. The van der Waals surface area contributed by atoms with Gasteiger partial charge >= 0.3 is 0 Å². The minimum absolute atomic E-state index is 0.800. The lowest BCUT2D eigenvalue weighted by molar-refractivity contribution is 1.17. The molecule has 0 atom stereocenters. The maximum absolute atomic E-state index is 6.05. The fraction of sp³-hybridized carbons (Fsp3) is 0.200. The van der Waals surface area contributed by atoms with Crippen LogP contribution in [0.3, 0.4) is 0 Å². The van der Waals surface area contributed by atoms with Gasteiger partial charge in [-0.05, 0) is 23.4 Å². The van der Waals surface area contributed by atoms with Gasteiger partial charge in [-0.1, -0.05) is 30.7 Å². The summed E-state index contributed by atoms with van der Waals surface area (Å²) in [5.41, 5.74) is 7.12. The summed E-state index contributed by atoms with van der Waals surface area (Å²) < 4.78 is 1.11. The highest BCUT2D eigenvalue weighted by atomic mass is 35.5. The third-order valence-electron chi connectivity index (χ3n) is 2.16. The van der Waals surface area contributed by atoms with Crippen LogP contribution in [-0.4, -0.2) is 0 Å². The normalized spacial score (nSPS) is 10.9. The molecule has 1 heterocycles. The number of nitrogen functional groups attached to an aromatic ring is 1. The molecule has 0 fully saturated rings. The molecule has 13 heavy (non-hydrogen) atoms. The Balaban J connectivity index is 2.86. The van der Waals surface area contributed by atoms with Crippen molar-refractivity contribution in [2.45, 2.75) is 13.3 Å². The molecule has 0 saturated heterocycles. The molecule has 0 saturated carbocycles. The molecule has 0 aliphatic carbocycles. The molecular weight excluding hydrogens is 202 g/mol. The Kier molecular flexibility index (Phi) is 2.18. The van der Waals surface area contributed by atoms with Crippen LogP contribution >= 0.6 is 22.9 Å². The molecule has 0 radical (unpaired) electrons. The zero-order chi connectivity index (χ0) is 9.42. The summed E-state index contributed by atoms with van der Waals surface area (Å²) in [6.07, 6.45) is 0.964. The van der Waals surface area contributed by atoms with E-state index < -0.39 is 0 Å². The summed E-state index contributed by atoms with van der Waals surface area (Å²) in [7, 11) is 0. The number of aryl methyl sites for hydroxylation is 1.